The topological polar surface area (TPSA) is 61.4 Å². The summed E-state index contributed by atoms with van der Waals surface area (Å²) in [7, 11) is 0. The Morgan fingerprint density at radius 3 is 2.46 bits per heavy atom. The van der Waals surface area contributed by atoms with Crippen molar-refractivity contribution >= 4 is 33.4 Å². The summed E-state index contributed by atoms with van der Waals surface area (Å²) in [6, 6.07) is 25.5. The minimum absolute atomic E-state index is 0.0715. The molecule has 6 rings (SSSR count). The standard InChI is InChI=1S/C28H22N4O2S/c1-18(2)34-22-14-12-19(13-15-22)26-20(17-31(30-26)21-8-4-3-5-9-21)16-25-27(33)32-24-11-7-6-10-23(24)29-28(32)35-25/h3-18H,1-2H3. The van der Waals surface area contributed by atoms with Gasteiger partial charge in [-0.05, 0) is 68.5 Å². The fourth-order valence-electron chi connectivity index (χ4n) is 4.15. The van der Waals surface area contributed by atoms with Crippen LogP contribution in [0.3, 0.4) is 0 Å². The van der Waals surface area contributed by atoms with Gasteiger partial charge in [0.15, 0.2) is 4.96 Å². The predicted octanol–water partition coefficient (Wildman–Crippen LogP) is 5.10. The molecule has 6 nitrogen and oxygen atoms in total. The molecule has 35 heavy (non-hydrogen) atoms. The molecule has 0 aliphatic rings. The van der Waals surface area contributed by atoms with Crippen LogP contribution in [0.15, 0.2) is 89.9 Å². The number of imidazole rings is 1. The second-order valence-corrected chi connectivity index (χ2v) is 9.55. The zero-order valence-electron chi connectivity index (χ0n) is 19.3. The van der Waals surface area contributed by atoms with E-state index in [-0.39, 0.29) is 11.7 Å². The third-order valence-corrected chi connectivity index (χ3v) is 6.66. The van der Waals surface area contributed by atoms with Crippen LogP contribution in [0.5, 0.6) is 5.75 Å². The highest BCUT2D eigenvalue weighted by molar-refractivity contribution is 7.15. The number of ether oxygens (including phenoxy) is 1. The van der Waals surface area contributed by atoms with E-state index in [1.54, 1.807) is 4.40 Å². The summed E-state index contributed by atoms with van der Waals surface area (Å²) < 4.78 is 9.95. The molecule has 0 atom stereocenters. The van der Waals surface area contributed by atoms with Gasteiger partial charge in [-0.3, -0.25) is 4.79 Å². The van der Waals surface area contributed by atoms with Crippen LogP contribution in [-0.2, 0) is 0 Å². The average Bonchev–Trinajstić information content (AvgIpc) is 3.53. The second kappa shape index (κ2) is 8.52. The first-order valence-corrected chi connectivity index (χ1v) is 12.2. The number of rotatable bonds is 5. The molecule has 0 spiro atoms. The zero-order valence-corrected chi connectivity index (χ0v) is 20.1. The fourth-order valence-corrected chi connectivity index (χ4v) is 5.12. The van der Waals surface area contributed by atoms with Gasteiger partial charge in [-0.25, -0.2) is 14.1 Å². The maximum absolute atomic E-state index is 13.3. The lowest BCUT2D eigenvalue weighted by atomic mass is 10.1. The van der Waals surface area contributed by atoms with E-state index in [1.165, 1.54) is 11.3 Å². The molecule has 0 fully saturated rings. The van der Waals surface area contributed by atoms with Crippen molar-refractivity contribution in [2.45, 2.75) is 20.0 Å². The smallest absolute Gasteiger partial charge is 0.274 e. The molecule has 0 radical (unpaired) electrons. The quantitative estimate of drug-likeness (QED) is 0.346. The van der Waals surface area contributed by atoms with Crippen LogP contribution >= 0.6 is 11.3 Å². The summed E-state index contributed by atoms with van der Waals surface area (Å²) in [5, 5.41) is 4.88. The van der Waals surface area contributed by atoms with Gasteiger partial charge in [0.25, 0.3) is 5.56 Å². The molecule has 3 heterocycles. The van der Waals surface area contributed by atoms with Crippen LogP contribution in [0, 0.1) is 0 Å². The fraction of sp³-hybridized carbons (Fsp3) is 0.107. The molecule has 0 aliphatic heterocycles. The maximum atomic E-state index is 13.3. The normalized spacial score (nSPS) is 12.3. The summed E-state index contributed by atoms with van der Waals surface area (Å²) in [4.78, 5) is 18.7. The van der Waals surface area contributed by atoms with Gasteiger partial charge in [0.05, 0.1) is 27.4 Å². The van der Waals surface area contributed by atoms with E-state index in [0.717, 1.165) is 39.3 Å². The number of hydrogen-bond acceptors (Lipinski definition) is 5. The molecule has 0 saturated heterocycles. The molecule has 7 heteroatoms. The number of para-hydroxylation sites is 3. The Hall–Kier alpha value is -4.23. The van der Waals surface area contributed by atoms with Crippen molar-refractivity contribution in [2.75, 3.05) is 0 Å². The predicted molar refractivity (Wildman–Crippen MR) is 140 cm³/mol. The Labute approximate surface area is 205 Å². The first kappa shape index (κ1) is 21.3. The number of nitrogens with zero attached hydrogens (tertiary/aromatic N) is 4. The lowest BCUT2D eigenvalue weighted by Gasteiger charge is -2.09. The van der Waals surface area contributed by atoms with Gasteiger partial charge in [-0.15, -0.1) is 0 Å². The Bertz CT molecular complexity index is 1760. The molecule has 0 bridgehead atoms. The first-order valence-electron chi connectivity index (χ1n) is 11.4. The Morgan fingerprint density at radius 1 is 0.943 bits per heavy atom. The third-order valence-electron chi connectivity index (χ3n) is 5.69. The summed E-state index contributed by atoms with van der Waals surface area (Å²) >= 11 is 1.39. The van der Waals surface area contributed by atoms with Crippen molar-refractivity contribution in [3.05, 3.63) is 106 Å². The molecule has 0 unspecified atom stereocenters. The maximum Gasteiger partial charge on any atom is 0.274 e. The van der Waals surface area contributed by atoms with Crippen molar-refractivity contribution in [3.63, 3.8) is 0 Å². The van der Waals surface area contributed by atoms with Crippen LogP contribution in [0.25, 0.3) is 39.0 Å². The highest BCUT2D eigenvalue weighted by Crippen LogP contribution is 2.27. The Morgan fingerprint density at radius 2 is 1.69 bits per heavy atom. The van der Waals surface area contributed by atoms with Crippen LogP contribution in [0.2, 0.25) is 0 Å². The molecule has 0 N–H and O–H groups in total. The summed E-state index contributed by atoms with van der Waals surface area (Å²) in [6.45, 7) is 4.01. The minimum atomic E-state index is -0.0715. The van der Waals surface area contributed by atoms with Crippen LogP contribution in [0.1, 0.15) is 19.4 Å². The average molecular weight is 479 g/mol. The van der Waals surface area contributed by atoms with E-state index in [1.807, 2.05) is 110 Å². The molecule has 3 aromatic carbocycles. The lowest BCUT2D eigenvalue weighted by Crippen LogP contribution is -2.22. The molecular weight excluding hydrogens is 456 g/mol. The summed E-state index contributed by atoms with van der Waals surface area (Å²) in [6.07, 6.45) is 3.98. The monoisotopic (exact) mass is 478 g/mol. The molecule has 172 valence electrons. The van der Waals surface area contributed by atoms with Crippen LogP contribution in [0.4, 0.5) is 0 Å². The highest BCUT2D eigenvalue weighted by atomic mass is 32.1. The van der Waals surface area contributed by atoms with Crippen LogP contribution in [-0.4, -0.2) is 25.3 Å². The number of hydrogen-bond donors (Lipinski definition) is 0. The second-order valence-electron chi connectivity index (χ2n) is 8.54. The van der Waals surface area contributed by atoms with E-state index in [0.29, 0.717) is 9.49 Å². The van der Waals surface area contributed by atoms with Crippen molar-refractivity contribution in [3.8, 4) is 22.7 Å². The van der Waals surface area contributed by atoms with Gasteiger partial charge in [-0.2, -0.15) is 5.10 Å². The van der Waals surface area contributed by atoms with Gasteiger partial charge < -0.3 is 4.74 Å². The summed E-state index contributed by atoms with van der Waals surface area (Å²) in [5.41, 5.74) is 5.12. The van der Waals surface area contributed by atoms with Crippen molar-refractivity contribution < 1.29 is 4.74 Å². The van der Waals surface area contributed by atoms with Crippen molar-refractivity contribution in [1.82, 2.24) is 19.2 Å². The highest BCUT2D eigenvalue weighted by Gasteiger charge is 2.14. The first-order chi connectivity index (χ1) is 17.1. The number of thiazole rings is 1. The van der Waals surface area contributed by atoms with Gasteiger partial charge in [0, 0.05) is 17.3 Å². The molecular formula is C28H22N4O2S. The van der Waals surface area contributed by atoms with E-state index >= 15 is 0 Å². The Balaban J connectivity index is 1.52. The molecule has 3 aromatic heterocycles. The molecule has 0 aliphatic carbocycles. The SMILES string of the molecule is CC(C)Oc1ccc(-c2nn(-c3ccccc3)cc2C=c2sc3nc4ccccc4n3c2=O)cc1. The van der Waals surface area contributed by atoms with E-state index in [4.69, 9.17) is 9.84 Å². The van der Waals surface area contributed by atoms with Crippen molar-refractivity contribution in [1.29, 1.82) is 0 Å². The molecule has 6 aromatic rings. The third kappa shape index (κ3) is 3.90. The number of fused-ring (bicyclic) bond motifs is 3. The van der Waals surface area contributed by atoms with Crippen molar-refractivity contribution in [2.24, 2.45) is 0 Å². The zero-order chi connectivity index (χ0) is 23.9. The molecule has 0 amide bonds. The minimum Gasteiger partial charge on any atom is -0.491 e. The number of benzene rings is 3. The summed E-state index contributed by atoms with van der Waals surface area (Å²) in [5.74, 6) is 0.810. The van der Waals surface area contributed by atoms with Crippen LogP contribution < -0.4 is 14.8 Å². The largest absolute Gasteiger partial charge is 0.491 e. The Kier molecular flexibility index (Phi) is 5.19. The number of aromatic nitrogens is 4. The van der Waals surface area contributed by atoms with Gasteiger partial charge in [0.2, 0.25) is 0 Å². The lowest BCUT2D eigenvalue weighted by molar-refractivity contribution is 0.242. The van der Waals surface area contributed by atoms with Gasteiger partial charge >= 0.3 is 0 Å². The van der Waals surface area contributed by atoms with Gasteiger partial charge in [-0.1, -0.05) is 41.7 Å². The van der Waals surface area contributed by atoms with Gasteiger partial charge in [0.1, 0.15) is 11.4 Å². The molecule has 0 saturated carbocycles. The van der Waals surface area contributed by atoms with E-state index < -0.39 is 0 Å². The van der Waals surface area contributed by atoms with E-state index in [2.05, 4.69) is 4.98 Å². The van der Waals surface area contributed by atoms with E-state index in [9.17, 15) is 4.79 Å².